The second-order valence-electron chi connectivity index (χ2n) is 9.73. The number of fused-ring (bicyclic) bond motifs is 1. The van der Waals surface area contributed by atoms with Gasteiger partial charge in [0.15, 0.2) is 0 Å². The molecule has 4 rings (SSSR count). The van der Waals surface area contributed by atoms with Crippen LogP contribution in [0.1, 0.15) is 56.3 Å². The number of ether oxygens (including phenoxy) is 1. The maximum atomic E-state index is 13.2. The summed E-state index contributed by atoms with van der Waals surface area (Å²) in [4.78, 5) is 17.9. The number of hydrogen-bond donors (Lipinski definition) is 0. The van der Waals surface area contributed by atoms with Gasteiger partial charge in [0.05, 0.1) is 17.7 Å². The Kier molecular flexibility index (Phi) is 6.58. The lowest BCUT2D eigenvalue weighted by Gasteiger charge is -2.52. The van der Waals surface area contributed by atoms with Gasteiger partial charge in [-0.1, -0.05) is 6.07 Å². The number of benzene rings is 1. The highest BCUT2D eigenvalue weighted by Gasteiger charge is 2.45. The van der Waals surface area contributed by atoms with Gasteiger partial charge in [-0.25, -0.2) is 0 Å². The molecular formula is C24H34F3N3O2. The first-order chi connectivity index (χ1) is 15.2. The van der Waals surface area contributed by atoms with E-state index in [1.807, 2.05) is 11.8 Å². The minimum atomic E-state index is -4.33. The van der Waals surface area contributed by atoms with Crippen LogP contribution in [0.3, 0.4) is 0 Å². The fourth-order valence-corrected chi connectivity index (χ4v) is 5.83. The smallest absolute Gasteiger partial charge is 0.376 e. The van der Waals surface area contributed by atoms with Gasteiger partial charge in [-0.3, -0.25) is 14.6 Å². The highest BCUT2D eigenvalue weighted by Crippen LogP contribution is 2.43. The van der Waals surface area contributed by atoms with E-state index in [-0.39, 0.29) is 23.7 Å². The molecule has 32 heavy (non-hydrogen) atoms. The number of piperidine rings is 1. The van der Waals surface area contributed by atoms with Crippen LogP contribution in [-0.2, 0) is 22.1 Å². The highest BCUT2D eigenvalue weighted by molar-refractivity contribution is 5.47. The molecule has 0 radical (unpaired) electrons. The van der Waals surface area contributed by atoms with Crippen LogP contribution in [0, 0.1) is 0 Å². The van der Waals surface area contributed by atoms with Crippen LogP contribution < -0.4 is 0 Å². The molecule has 0 bridgehead atoms. The summed E-state index contributed by atoms with van der Waals surface area (Å²) in [7, 11) is 0. The maximum Gasteiger partial charge on any atom is 0.416 e. The number of carbonyl (C=O) groups excluding carboxylic acids is 1. The zero-order valence-corrected chi connectivity index (χ0v) is 19.2. The van der Waals surface area contributed by atoms with Gasteiger partial charge in [0.2, 0.25) is 6.41 Å². The van der Waals surface area contributed by atoms with Crippen molar-refractivity contribution in [3.05, 3.63) is 34.9 Å². The van der Waals surface area contributed by atoms with Crippen molar-refractivity contribution in [3.63, 3.8) is 0 Å². The van der Waals surface area contributed by atoms with Crippen molar-refractivity contribution in [3.8, 4) is 0 Å². The van der Waals surface area contributed by atoms with E-state index in [0.717, 1.165) is 63.1 Å². The summed E-state index contributed by atoms with van der Waals surface area (Å²) in [5, 5.41) is 0. The summed E-state index contributed by atoms with van der Waals surface area (Å²) >= 11 is 0. The molecule has 2 heterocycles. The standard InChI is InChI=1S/C24H34F3N3O2/c1-4-32-21-14-18-13-19(24(25,26)27)5-6-20(18)22(21)30-12-11-29(15-17(30)2)23(3)7-9-28(16-31)10-8-23/h5-6,13,16-17,21-22H,4,7-12,14-15H2,1-3H3/t17-,21+,22+/m0/s1. The van der Waals surface area contributed by atoms with Crippen molar-refractivity contribution in [2.24, 2.45) is 0 Å². The molecule has 178 valence electrons. The zero-order valence-electron chi connectivity index (χ0n) is 19.2. The van der Waals surface area contributed by atoms with E-state index in [1.54, 1.807) is 6.07 Å². The lowest BCUT2D eigenvalue weighted by molar-refractivity contribution is -0.137. The zero-order chi connectivity index (χ0) is 23.1. The number of rotatable bonds is 5. The molecule has 2 aliphatic heterocycles. The first-order valence-electron chi connectivity index (χ1n) is 11.7. The third kappa shape index (κ3) is 4.41. The third-order valence-corrected chi connectivity index (χ3v) is 7.77. The van der Waals surface area contributed by atoms with Crippen LogP contribution in [0.4, 0.5) is 13.2 Å². The molecule has 1 aliphatic carbocycles. The summed E-state index contributed by atoms with van der Waals surface area (Å²) in [6.45, 7) is 11.2. The SMILES string of the molecule is CCO[C@@H]1Cc2cc(C(F)(F)F)ccc2[C@H]1N1CCN(C2(C)CCN(C=O)CC2)C[C@@H]1C. The van der Waals surface area contributed by atoms with E-state index in [9.17, 15) is 18.0 Å². The van der Waals surface area contributed by atoms with Gasteiger partial charge in [0.1, 0.15) is 0 Å². The predicted molar refractivity (Wildman–Crippen MR) is 116 cm³/mol. The van der Waals surface area contributed by atoms with E-state index >= 15 is 0 Å². The van der Waals surface area contributed by atoms with Crippen molar-refractivity contribution >= 4 is 6.41 Å². The molecule has 1 aromatic carbocycles. The van der Waals surface area contributed by atoms with Crippen LogP contribution >= 0.6 is 0 Å². The highest BCUT2D eigenvalue weighted by atomic mass is 19.4. The summed E-state index contributed by atoms with van der Waals surface area (Å²) in [5.41, 5.74) is 1.22. The Hall–Kier alpha value is -1.64. The predicted octanol–water partition coefficient (Wildman–Crippen LogP) is 3.72. The molecule has 2 fully saturated rings. The fourth-order valence-electron chi connectivity index (χ4n) is 5.83. The largest absolute Gasteiger partial charge is 0.416 e. The third-order valence-electron chi connectivity index (χ3n) is 7.77. The van der Waals surface area contributed by atoms with Gasteiger partial charge in [-0.15, -0.1) is 0 Å². The monoisotopic (exact) mass is 453 g/mol. The van der Waals surface area contributed by atoms with Gasteiger partial charge >= 0.3 is 6.18 Å². The molecule has 0 unspecified atom stereocenters. The second-order valence-corrected chi connectivity index (χ2v) is 9.73. The summed E-state index contributed by atoms with van der Waals surface area (Å²) in [5.74, 6) is 0. The molecule has 3 atom stereocenters. The van der Waals surface area contributed by atoms with Crippen molar-refractivity contribution in [2.75, 3.05) is 39.3 Å². The van der Waals surface area contributed by atoms with Crippen molar-refractivity contribution in [2.45, 2.75) is 69.9 Å². The lowest BCUT2D eigenvalue weighted by atomic mass is 9.86. The number of carbonyl (C=O) groups is 1. The maximum absolute atomic E-state index is 13.2. The summed E-state index contributed by atoms with van der Waals surface area (Å²) in [6, 6.07) is 4.42. The molecular weight excluding hydrogens is 419 g/mol. The Morgan fingerprint density at radius 3 is 2.50 bits per heavy atom. The van der Waals surface area contributed by atoms with Gasteiger partial charge < -0.3 is 9.64 Å². The molecule has 0 N–H and O–H groups in total. The number of piperazine rings is 1. The second kappa shape index (κ2) is 8.95. The van der Waals surface area contributed by atoms with Gasteiger partial charge in [-0.2, -0.15) is 13.2 Å². The van der Waals surface area contributed by atoms with E-state index in [1.165, 1.54) is 12.1 Å². The summed E-state index contributed by atoms with van der Waals surface area (Å²) in [6.07, 6.45) is -1.07. The average Bonchev–Trinajstić information content (AvgIpc) is 3.11. The molecule has 1 amide bonds. The Bertz CT molecular complexity index is 823. The number of nitrogens with zero attached hydrogens (tertiary/aromatic N) is 3. The van der Waals surface area contributed by atoms with Crippen LogP contribution in [0.25, 0.3) is 0 Å². The normalized spacial score (nSPS) is 29.2. The quantitative estimate of drug-likeness (QED) is 0.637. The van der Waals surface area contributed by atoms with E-state index in [0.29, 0.717) is 13.0 Å². The van der Waals surface area contributed by atoms with Gasteiger partial charge in [-0.05, 0) is 56.9 Å². The first-order valence-corrected chi connectivity index (χ1v) is 11.7. The number of alkyl halides is 3. The van der Waals surface area contributed by atoms with Crippen LogP contribution in [0.15, 0.2) is 18.2 Å². The number of hydrogen-bond acceptors (Lipinski definition) is 4. The Balaban J connectivity index is 1.51. The van der Waals surface area contributed by atoms with Gasteiger partial charge in [0, 0.05) is 57.3 Å². The van der Waals surface area contributed by atoms with Crippen molar-refractivity contribution in [1.29, 1.82) is 0 Å². The minimum absolute atomic E-state index is 0.0194. The Labute approximate surface area is 188 Å². The van der Waals surface area contributed by atoms with Crippen LogP contribution in [-0.4, -0.2) is 78.1 Å². The van der Waals surface area contributed by atoms with Crippen molar-refractivity contribution < 1.29 is 22.7 Å². The summed E-state index contributed by atoms with van der Waals surface area (Å²) < 4.78 is 45.8. The molecule has 3 aliphatic rings. The molecule has 8 heteroatoms. The van der Waals surface area contributed by atoms with Gasteiger partial charge in [0.25, 0.3) is 0 Å². The Morgan fingerprint density at radius 1 is 1.19 bits per heavy atom. The fraction of sp³-hybridized carbons (Fsp3) is 0.708. The van der Waals surface area contributed by atoms with Crippen LogP contribution in [0.2, 0.25) is 0 Å². The number of likely N-dealkylation sites (tertiary alicyclic amines) is 1. The molecule has 0 aromatic heterocycles. The average molecular weight is 454 g/mol. The van der Waals surface area contributed by atoms with E-state index < -0.39 is 11.7 Å². The van der Waals surface area contributed by atoms with E-state index in [2.05, 4.69) is 23.6 Å². The Morgan fingerprint density at radius 2 is 1.91 bits per heavy atom. The minimum Gasteiger partial charge on any atom is -0.376 e. The van der Waals surface area contributed by atoms with Crippen LogP contribution in [0.5, 0.6) is 0 Å². The molecule has 0 spiro atoms. The molecule has 5 nitrogen and oxygen atoms in total. The molecule has 0 saturated carbocycles. The first kappa shape index (κ1) is 23.5. The number of halogens is 3. The van der Waals surface area contributed by atoms with E-state index in [4.69, 9.17) is 4.74 Å². The lowest BCUT2D eigenvalue weighted by Crippen LogP contribution is -2.62. The van der Waals surface area contributed by atoms with Crippen molar-refractivity contribution in [1.82, 2.24) is 14.7 Å². The molecule has 1 aromatic rings. The molecule has 2 saturated heterocycles. The number of amides is 1. The topological polar surface area (TPSA) is 36.0 Å².